The van der Waals surface area contributed by atoms with Crippen molar-refractivity contribution in [2.45, 2.75) is 12.6 Å². The van der Waals surface area contributed by atoms with E-state index in [9.17, 15) is 4.79 Å². The van der Waals surface area contributed by atoms with Crippen LogP contribution in [0.1, 0.15) is 0 Å². The normalized spacial score (nSPS) is 11.5. The Morgan fingerprint density at radius 2 is 2.46 bits per heavy atom. The molecule has 1 heterocycles. The van der Waals surface area contributed by atoms with Gasteiger partial charge in [-0.05, 0) is 0 Å². The third-order valence-corrected chi connectivity index (χ3v) is 1.36. The van der Waals surface area contributed by atoms with Gasteiger partial charge in [-0.1, -0.05) is 5.21 Å². The number of nitrogens with zero attached hydrogens (tertiary/aromatic N) is 3. The number of hydrogen-bond donors (Lipinski definition) is 1. The van der Waals surface area contributed by atoms with E-state index in [-0.39, 0.29) is 19.0 Å². The summed E-state index contributed by atoms with van der Waals surface area (Å²) in [4.78, 5) is 10.8. The van der Waals surface area contributed by atoms with Crippen molar-refractivity contribution in [1.29, 1.82) is 0 Å². The number of aromatic nitrogens is 3. The molecule has 1 rings (SSSR count). The smallest absolute Gasteiger partial charge is 0.324 e. The van der Waals surface area contributed by atoms with Crippen molar-refractivity contribution >= 4 is 18.4 Å². The topological polar surface area (TPSA) is 83.0 Å². The van der Waals surface area contributed by atoms with Crippen LogP contribution in [0.15, 0.2) is 12.4 Å². The highest BCUT2D eigenvalue weighted by Gasteiger charge is 2.13. The minimum Gasteiger partial charge on any atom is -0.468 e. The molecule has 2 N–H and O–H groups in total. The van der Waals surface area contributed by atoms with Gasteiger partial charge in [0.2, 0.25) is 0 Å². The summed E-state index contributed by atoms with van der Waals surface area (Å²) < 4.78 is 5.91. The van der Waals surface area contributed by atoms with Crippen LogP contribution in [-0.2, 0) is 16.1 Å². The summed E-state index contributed by atoms with van der Waals surface area (Å²) in [5, 5.41) is 7.22. The van der Waals surface area contributed by atoms with Crippen LogP contribution in [0.25, 0.3) is 0 Å². The largest absolute Gasteiger partial charge is 0.468 e. The molecule has 0 amide bonds. The predicted molar refractivity (Wildman–Crippen MR) is 47.3 cm³/mol. The van der Waals surface area contributed by atoms with Crippen LogP contribution >= 0.6 is 12.4 Å². The third-order valence-electron chi connectivity index (χ3n) is 1.36. The minimum atomic E-state index is -0.684. The van der Waals surface area contributed by atoms with Gasteiger partial charge in [-0.2, -0.15) is 0 Å². The second-order valence-corrected chi connectivity index (χ2v) is 2.25. The molecule has 0 saturated carbocycles. The van der Waals surface area contributed by atoms with Crippen LogP contribution < -0.4 is 5.73 Å². The van der Waals surface area contributed by atoms with Crippen LogP contribution in [0.4, 0.5) is 0 Å². The average molecular weight is 207 g/mol. The second-order valence-electron chi connectivity index (χ2n) is 2.25. The van der Waals surface area contributed by atoms with E-state index in [4.69, 9.17) is 5.73 Å². The predicted octanol–water partition coefficient (Wildman–Crippen LogP) is -0.800. The summed E-state index contributed by atoms with van der Waals surface area (Å²) in [5.41, 5.74) is 5.46. The number of rotatable bonds is 3. The first-order chi connectivity index (χ1) is 5.74. The Balaban J connectivity index is 0.00000144. The summed E-state index contributed by atoms with van der Waals surface area (Å²) in [6.07, 6.45) is 3.15. The number of esters is 1. The first-order valence-corrected chi connectivity index (χ1v) is 3.41. The Bertz CT molecular complexity index is 251. The van der Waals surface area contributed by atoms with Crippen LogP contribution in [0.2, 0.25) is 0 Å². The first-order valence-electron chi connectivity index (χ1n) is 3.41. The van der Waals surface area contributed by atoms with E-state index in [2.05, 4.69) is 15.0 Å². The van der Waals surface area contributed by atoms with Gasteiger partial charge in [-0.3, -0.25) is 9.48 Å². The molecule has 0 radical (unpaired) electrons. The molecule has 6 nitrogen and oxygen atoms in total. The van der Waals surface area contributed by atoms with E-state index in [1.165, 1.54) is 18.0 Å². The number of ether oxygens (including phenoxy) is 1. The van der Waals surface area contributed by atoms with Gasteiger partial charge in [0.15, 0.2) is 0 Å². The zero-order valence-electron chi connectivity index (χ0n) is 7.08. The molecule has 0 spiro atoms. The molecule has 1 unspecified atom stereocenters. The van der Waals surface area contributed by atoms with Gasteiger partial charge in [0.05, 0.1) is 19.9 Å². The Labute approximate surface area is 81.5 Å². The Kier molecular flexibility index (Phi) is 5.01. The van der Waals surface area contributed by atoms with Crippen LogP contribution in [-0.4, -0.2) is 34.1 Å². The minimum absolute atomic E-state index is 0. The summed E-state index contributed by atoms with van der Waals surface area (Å²) in [7, 11) is 1.30. The van der Waals surface area contributed by atoms with Gasteiger partial charge in [0, 0.05) is 6.20 Å². The standard InChI is InChI=1S/C6H10N4O2.ClH/c1-12-6(11)5(7)4-10-3-2-8-9-10;/h2-3,5H,4,7H2,1H3;1H. The van der Waals surface area contributed by atoms with Crippen molar-refractivity contribution < 1.29 is 9.53 Å². The van der Waals surface area contributed by atoms with Crippen LogP contribution in [0, 0.1) is 0 Å². The van der Waals surface area contributed by atoms with Crippen molar-refractivity contribution in [3.8, 4) is 0 Å². The highest BCUT2D eigenvalue weighted by Crippen LogP contribution is 1.88. The molecule has 0 aromatic carbocycles. The fourth-order valence-corrected chi connectivity index (χ4v) is 0.758. The van der Waals surface area contributed by atoms with Crippen LogP contribution in [0.3, 0.4) is 0 Å². The molecular weight excluding hydrogens is 196 g/mol. The lowest BCUT2D eigenvalue weighted by molar-refractivity contribution is -0.142. The monoisotopic (exact) mass is 206 g/mol. The number of methoxy groups -OCH3 is 1. The lowest BCUT2D eigenvalue weighted by Crippen LogP contribution is -2.35. The molecule has 0 bridgehead atoms. The van der Waals surface area contributed by atoms with E-state index >= 15 is 0 Å². The number of hydrogen-bond acceptors (Lipinski definition) is 5. The molecule has 13 heavy (non-hydrogen) atoms. The molecule has 1 atom stereocenters. The van der Waals surface area contributed by atoms with E-state index in [0.29, 0.717) is 0 Å². The zero-order valence-corrected chi connectivity index (χ0v) is 7.90. The van der Waals surface area contributed by atoms with Crippen molar-refractivity contribution in [3.63, 3.8) is 0 Å². The number of nitrogens with two attached hydrogens (primary N) is 1. The number of carbonyl (C=O) groups is 1. The van der Waals surface area contributed by atoms with Crippen molar-refractivity contribution in [3.05, 3.63) is 12.4 Å². The summed E-state index contributed by atoms with van der Waals surface area (Å²) in [5.74, 6) is -0.453. The molecule has 0 aliphatic rings. The number of carbonyl (C=O) groups excluding carboxylic acids is 1. The van der Waals surface area contributed by atoms with Crippen LogP contribution in [0.5, 0.6) is 0 Å². The second kappa shape index (κ2) is 5.50. The average Bonchev–Trinajstić information content (AvgIpc) is 2.55. The molecule has 74 valence electrons. The van der Waals surface area contributed by atoms with Crippen molar-refractivity contribution in [2.24, 2.45) is 5.73 Å². The summed E-state index contributed by atoms with van der Waals surface area (Å²) in [6, 6.07) is -0.684. The van der Waals surface area contributed by atoms with Gasteiger partial charge < -0.3 is 10.5 Å². The van der Waals surface area contributed by atoms with E-state index in [1.807, 2.05) is 0 Å². The molecule has 0 aliphatic carbocycles. The van der Waals surface area contributed by atoms with E-state index in [1.54, 1.807) is 6.20 Å². The highest BCUT2D eigenvalue weighted by atomic mass is 35.5. The Morgan fingerprint density at radius 3 is 2.92 bits per heavy atom. The Hall–Kier alpha value is -1.14. The summed E-state index contributed by atoms with van der Waals surface area (Å²) in [6.45, 7) is 0.284. The van der Waals surface area contributed by atoms with Gasteiger partial charge in [-0.15, -0.1) is 17.5 Å². The molecular formula is C6H11ClN4O2. The molecule has 1 aromatic rings. The first kappa shape index (κ1) is 11.9. The molecule has 0 saturated heterocycles. The van der Waals surface area contributed by atoms with E-state index < -0.39 is 12.0 Å². The lowest BCUT2D eigenvalue weighted by atomic mass is 10.3. The maximum Gasteiger partial charge on any atom is 0.324 e. The lowest BCUT2D eigenvalue weighted by Gasteiger charge is -2.07. The van der Waals surface area contributed by atoms with E-state index in [0.717, 1.165) is 0 Å². The quantitative estimate of drug-likeness (QED) is 0.655. The summed E-state index contributed by atoms with van der Waals surface area (Å²) >= 11 is 0. The number of halogens is 1. The zero-order chi connectivity index (χ0) is 8.97. The molecule has 0 fully saturated rings. The fraction of sp³-hybridized carbons (Fsp3) is 0.500. The Morgan fingerprint density at radius 1 is 1.77 bits per heavy atom. The van der Waals surface area contributed by atoms with Crippen molar-refractivity contribution in [1.82, 2.24) is 15.0 Å². The fourth-order valence-electron chi connectivity index (χ4n) is 0.758. The SMILES string of the molecule is COC(=O)C(N)Cn1ccnn1.Cl. The maximum absolute atomic E-state index is 10.8. The van der Waals surface area contributed by atoms with Gasteiger partial charge >= 0.3 is 5.97 Å². The molecule has 7 heteroatoms. The maximum atomic E-state index is 10.8. The van der Waals surface area contributed by atoms with Crippen molar-refractivity contribution in [2.75, 3.05) is 7.11 Å². The highest BCUT2D eigenvalue weighted by molar-refractivity contribution is 5.85. The molecule has 0 aliphatic heterocycles. The van der Waals surface area contributed by atoms with Gasteiger partial charge in [0.25, 0.3) is 0 Å². The van der Waals surface area contributed by atoms with Gasteiger partial charge in [-0.25, -0.2) is 0 Å². The van der Waals surface area contributed by atoms with Gasteiger partial charge in [0.1, 0.15) is 6.04 Å². The molecule has 1 aromatic heterocycles. The third kappa shape index (κ3) is 3.39.